The Hall–Kier alpha value is -2.65. The van der Waals surface area contributed by atoms with E-state index in [1.165, 1.54) is 0 Å². The van der Waals surface area contributed by atoms with Crippen molar-refractivity contribution < 1.29 is 9.53 Å². The second-order valence-electron chi connectivity index (χ2n) is 5.06. The molecule has 0 aliphatic heterocycles. The molecule has 0 bridgehead atoms. The fourth-order valence-corrected chi connectivity index (χ4v) is 2.35. The minimum Gasteiger partial charge on any atom is -0.438 e. The summed E-state index contributed by atoms with van der Waals surface area (Å²) in [5.74, 6) is 0.731. The van der Waals surface area contributed by atoms with Gasteiger partial charge < -0.3 is 4.74 Å². The van der Waals surface area contributed by atoms with Crippen molar-refractivity contribution in [1.82, 2.24) is 4.98 Å². The molecule has 0 saturated heterocycles. The second kappa shape index (κ2) is 6.63. The lowest BCUT2D eigenvalue weighted by molar-refractivity contribution is 0.103. The largest absolute Gasteiger partial charge is 0.438 e. The number of hydrogen-bond acceptors (Lipinski definition) is 3. The molecule has 3 nitrogen and oxygen atoms in total. The van der Waals surface area contributed by atoms with Gasteiger partial charge in [0.25, 0.3) is 0 Å². The van der Waals surface area contributed by atoms with Crippen molar-refractivity contribution in [3.8, 4) is 11.6 Å². The van der Waals surface area contributed by atoms with Crippen LogP contribution in [0.4, 0.5) is 0 Å². The molecular formula is C19H14ClNO2. The zero-order valence-electron chi connectivity index (χ0n) is 12.5. The van der Waals surface area contributed by atoms with E-state index >= 15 is 0 Å². The number of aryl methyl sites for hydroxylation is 1. The first-order chi connectivity index (χ1) is 11.1. The Kier molecular flexibility index (Phi) is 4.40. The lowest BCUT2D eigenvalue weighted by Gasteiger charge is -2.12. The van der Waals surface area contributed by atoms with Gasteiger partial charge >= 0.3 is 0 Å². The zero-order valence-corrected chi connectivity index (χ0v) is 13.2. The number of carbonyl (C=O) groups excluding carboxylic acids is 1. The van der Waals surface area contributed by atoms with Crippen LogP contribution in [0.15, 0.2) is 66.9 Å². The highest BCUT2D eigenvalue weighted by atomic mass is 35.5. The SMILES string of the molecule is Cc1cc(Oc2ccccn2)c(C(=O)c2ccccc2)cc1Cl. The van der Waals surface area contributed by atoms with E-state index in [9.17, 15) is 4.79 Å². The van der Waals surface area contributed by atoms with Gasteiger partial charge in [-0.2, -0.15) is 0 Å². The van der Waals surface area contributed by atoms with Crippen LogP contribution in [0.1, 0.15) is 21.5 Å². The van der Waals surface area contributed by atoms with Crippen LogP contribution in [-0.4, -0.2) is 10.8 Å². The Balaban J connectivity index is 2.05. The van der Waals surface area contributed by atoms with E-state index in [0.29, 0.717) is 27.8 Å². The molecule has 0 spiro atoms. The number of carbonyl (C=O) groups is 1. The fraction of sp³-hybridized carbons (Fsp3) is 0.0526. The van der Waals surface area contributed by atoms with Gasteiger partial charge in [-0.3, -0.25) is 4.79 Å². The van der Waals surface area contributed by atoms with Gasteiger partial charge in [-0.15, -0.1) is 0 Å². The molecular weight excluding hydrogens is 310 g/mol. The number of hydrogen-bond donors (Lipinski definition) is 0. The molecule has 23 heavy (non-hydrogen) atoms. The Morgan fingerprint density at radius 1 is 1.04 bits per heavy atom. The minimum atomic E-state index is -0.140. The van der Waals surface area contributed by atoms with Gasteiger partial charge in [0.05, 0.1) is 5.56 Å². The van der Waals surface area contributed by atoms with Crippen LogP contribution in [0.2, 0.25) is 5.02 Å². The van der Waals surface area contributed by atoms with Gasteiger partial charge in [0, 0.05) is 22.8 Å². The van der Waals surface area contributed by atoms with Crippen LogP contribution >= 0.6 is 11.6 Å². The van der Waals surface area contributed by atoms with Crippen LogP contribution in [0.3, 0.4) is 0 Å². The molecule has 0 N–H and O–H groups in total. The summed E-state index contributed by atoms with van der Waals surface area (Å²) in [7, 11) is 0. The molecule has 3 rings (SSSR count). The third kappa shape index (κ3) is 3.41. The van der Waals surface area contributed by atoms with Crippen molar-refractivity contribution in [2.24, 2.45) is 0 Å². The molecule has 0 saturated carbocycles. The molecule has 0 unspecified atom stereocenters. The van der Waals surface area contributed by atoms with Crippen LogP contribution < -0.4 is 4.74 Å². The van der Waals surface area contributed by atoms with E-state index in [0.717, 1.165) is 5.56 Å². The number of ether oxygens (including phenoxy) is 1. The number of rotatable bonds is 4. The topological polar surface area (TPSA) is 39.2 Å². The summed E-state index contributed by atoms with van der Waals surface area (Å²) in [6.07, 6.45) is 1.64. The minimum absolute atomic E-state index is 0.140. The predicted molar refractivity (Wildman–Crippen MR) is 90.4 cm³/mol. The molecule has 0 fully saturated rings. The van der Waals surface area contributed by atoms with Crippen molar-refractivity contribution >= 4 is 17.4 Å². The van der Waals surface area contributed by atoms with Crippen molar-refractivity contribution in [2.75, 3.05) is 0 Å². The molecule has 0 atom stereocenters. The number of benzene rings is 2. The molecule has 3 aromatic rings. The monoisotopic (exact) mass is 323 g/mol. The third-order valence-electron chi connectivity index (χ3n) is 3.39. The normalized spacial score (nSPS) is 10.3. The molecule has 1 heterocycles. The smallest absolute Gasteiger partial charge is 0.219 e. The van der Waals surface area contributed by atoms with Crippen molar-refractivity contribution in [3.05, 3.63) is 88.6 Å². The van der Waals surface area contributed by atoms with E-state index in [2.05, 4.69) is 4.98 Å². The standard InChI is InChI=1S/C19H14ClNO2/c1-13-11-17(23-18-9-5-6-10-21-18)15(12-16(13)20)19(22)14-7-3-2-4-8-14/h2-12H,1H3. The molecule has 0 aliphatic carbocycles. The Morgan fingerprint density at radius 2 is 1.78 bits per heavy atom. The molecule has 2 aromatic carbocycles. The Bertz CT molecular complexity index is 833. The maximum atomic E-state index is 12.8. The molecule has 0 radical (unpaired) electrons. The van der Waals surface area contributed by atoms with E-state index < -0.39 is 0 Å². The zero-order chi connectivity index (χ0) is 16.2. The summed E-state index contributed by atoms with van der Waals surface area (Å²) in [6, 6.07) is 17.8. The first-order valence-electron chi connectivity index (χ1n) is 7.14. The quantitative estimate of drug-likeness (QED) is 0.629. The highest BCUT2D eigenvalue weighted by molar-refractivity contribution is 6.32. The maximum Gasteiger partial charge on any atom is 0.219 e. The second-order valence-corrected chi connectivity index (χ2v) is 5.47. The van der Waals surface area contributed by atoms with Gasteiger partial charge in [0.2, 0.25) is 5.88 Å². The summed E-state index contributed by atoms with van der Waals surface area (Å²) in [5.41, 5.74) is 1.83. The first-order valence-corrected chi connectivity index (χ1v) is 7.52. The van der Waals surface area contributed by atoms with E-state index in [1.807, 2.05) is 31.2 Å². The van der Waals surface area contributed by atoms with Crippen molar-refractivity contribution in [1.29, 1.82) is 0 Å². The summed E-state index contributed by atoms with van der Waals surface area (Å²) in [6.45, 7) is 1.87. The molecule has 1 aromatic heterocycles. The first kappa shape index (κ1) is 15.3. The van der Waals surface area contributed by atoms with E-state index in [-0.39, 0.29) is 5.78 Å². The van der Waals surface area contributed by atoms with Crippen molar-refractivity contribution in [3.63, 3.8) is 0 Å². The average Bonchev–Trinajstić information content (AvgIpc) is 2.59. The number of aromatic nitrogens is 1. The molecule has 114 valence electrons. The van der Waals surface area contributed by atoms with Gasteiger partial charge in [0.15, 0.2) is 5.78 Å². The Labute approximate surface area is 139 Å². The summed E-state index contributed by atoms with van der Waals surface area (Å²) in [5, 5.41) is 0.526. The van der Waals surface area contributed by atoms with Crippen LogP contribution in [-0.2, 0) is 0 Å². The number of pyridine rings is 1. The highest BCUT2D eigenvalue weighted by Crippen LogP contribution is 2.31. The number of halogens is 1. The van der Waals surface area contributed by atoms with Gasteiger partial charge in [-0.1, -0.05) is 48.0 Å². The Morgan fingerprint density at radius 3 is 2.48 bits per heavy atom. The lowest BCUT2D eigenvalue weighted by atomic mass is 10.0. The lowest BCUT2D eigenvalue weighted by Crippen LogP contribution is -2.04. The molecule has 4 heteroatoms. The summed E-state index contributed by atoms with van der Waals surface area (Å²) < 4.78 is 5.80. The van der Waals surface area contributed by atoms with Crippen LogP contribution in [0.25, 0.3) is 0 Å². The fourth-order valence-electron chi connectivity index (χ4n) is 2.18. The van der Waals surface area contributed by atoms with Gasteiger partial charge in [0.1, 0.15) is 5.75 Å². The average molecular weight is 324 g/mol. The van der Waals surface area contributed by atoms with Gasteiger partial charge in [-0.25, -0.2) is 4.98 Å². The molecule has 0 amide bonds. The number of ketones is 1. The predicted octanol–water partition coefficient (Wildman–Crippen LogP) is 5.07. The van der Waals surface area contributed by atoms with E-state index in [1.54, 1.807) is 42.6 Å². The van der Waals surface area contributed by atoms with E-state index in [4.69, 9.17) is 16.3 Å². The van der Waals surface area contributed by atoms with Crippen LogP contribution in [0, 0.1) is 6.92 Å². The third-order valence-corrected chi connectivity index (χ3v) is 3.80. The maximum absolute atomic E-state index is 12.8. The van der Waals surface area contributed by atoms with Crippen LogP contribution in [0.5, 0.6) is 11.6 Å². The summed E-state index contributed by atoms with van der Waals surface area (Å²) in [4.78, 5) is 16.9. The highest BCUT2D eigenvalue weighted by Gasteiger charge is 2.17. The molecule has 0 aliphatic rings. The number of nitrogens with zero attached hydrogens (tertiary/aromatic N) is 1. The van der Waals surface area contributed by atoms with Crippen molar-refractivity contribution in [2.45, 2.75) is 6.92 Å². The summed E-state index contributed by atoms with van der Waals surface area (Å²) >= 11 is 6.20. The van der Waals surface area contributed by atoms with Gasteiger partial charge in [-0.05, 0) is 30.7 Å².